The van der Waals surface area contributed by atoms with E-state index in [-0.39, 0.29) is 31.1 Å². The number of carbonyl (C=O) groups excluding carboxylic acids is 1. The third-order valence-electron chi connectivity index (χ3n) is 7.67. The summed E-state index contributed by atoms with van der Waals surface area (Å²) in [7, 11) is 0. The molecule has 1 saturated heterocycles. The molecule has 2 N–H and O–H groups in total. The smallest absolute Gasteiger partial charge is 0.407 e. The van der Waals surface area contributed by atoms with Crippen molar-refractivity contribution < 1.29 is 19.8 Å². The van der Waals surface area contributed by atoms with Crippen molar-refractivity contribution in [3.05, 3.63) is 78.2 Å². The van der Waals surface area contributed by atoms with Crippen LogP contribution in [0.15, 0.2) is 67.0 Å². The number of benzene rings is 2. The third-order valence-corrected chi connectivity index (χ3v) is 7.67. The van der Waals surface area contributed by atoms with Crippen LogP contribution in [0.3, 0.4) is 0 Å². The van der Waals surface area contributed by atoms with Crippen LogP contribution in [0.4, 0.5) is 4.79 Å². The van der Waals surface area contributed by atoms with Gasteiger partial charge in [0.25, 0.3) is 5.91 Å². The van der Waals surface area contributed by atoms with Crippen LogP contribution < -0.4 is 0 Å². The third kappa shape index (κ3) is 5.39. The standard InChI is InChI=1S/C29H34N4O4/c34-25-15-9-3-8-14-24(25)33-20-30-26(27(33)22-12-6-2-7-13-22)28(35)32-17-16-31(29(36)37)19-23(32)18-21-10-4-1-5-11-21/h1-2,4-7,10-13,20,23-25,34H,3,8-9,14-19H2,(H,36,37)/t23-,24-,25-/m1/s1. The Balaban J connectivity index is 1.52. The van der Waals surface area contributed by atoms with Crippen LogP contribution in [0, 0.1) is 0 Å². The summed E-state index contributed by atoms with van der Waals surface area (Å²) in [5, 5.41) is 20.6. The quantitative estimate of drug-likeness (QED) is 0.502. The van der Waals surface area contributed by atoms with Gasteiger partial charge in [0.2, 0.25) is 0 Å². The molecule has 1 aliphatic heterocycles. The fourth-order valence-electron chi connectivity index (χ4n) is 5.74. The second kappa shape index (κ2) is 11.2. The first-order valence-corrected chi connectivity index (χ1v) is 13.2. The molecule has 2 aliphatic rings. The van der Waals surface area contributed by atoms with Crippen LogP contribution in [0.2, 0.25) is 0 Å². The molecule has 0 bridgehead atoms. The number of aromatic nitrogens is 2. The summed E-state index contributed by atoms with van der Waals surface area (Å²) in [5.74, 6) is -0.202. The Hall–Kier alpha value is -3.65. The Labute approximate surface area is 217 Å². The lowest BCUT2D eigenvalue weighted by Crippen LogP contribution is -2.57. The molecule has 1 aromatic heterocycles. The lowest BCUT2D eigenvalue weighted by molar-refractivity contribution is 0.0446. The SMILES string of the molecule is O=C(O)N1CCN(C(=O)c2ncn([C@@H]3CCCCC[C@H]3O)c2-c2ccccc2)[C@H](Cc2ccccc2)C1. The molecule has 2 amide bonds. The van der Waals surface area contributed by atoms with Crippen LogP contribution in [-0.2, 0) is 6.42 Å². The van der Waals surface area contributed by atoms with E-state index in [2.05, 4.69) is 4.98 Å². The molecule has 5 rings (SSSR count). The van der Waals surface area contributed by atoms with Crippen molar-refractivity contribution in [1.82, 2.24) is 19.4 Å². The van der Waals surface area contributed by atoms with E-state index in [4.69, 9.17) is 0 Å². The lowest BCUT2D eigenvalue weighted by Gasteiger charge is -2.40. The average Bonchev–Trinajstić information content (AvgIpc) is 3.24. The van der Waals surface area contributed by atoms with Gasteiger partial charge in [-0.3, -0.25) is 4.79 Å². The first-order chi connectivity index (χ1) is 18.0. The summed E-state index contributed by atoms with van der Waals surface area (Å²) in [5.41, 5.74) is 3.00. The maximum absolute atomic E-state index is 14.1. The average molecular weight is 503 g/mol. The molecule has 194 valence electrons. The second-order valence-corrected chi connectivity index (χ2v) is 10.1. The Morgan fingerprint density at radius 1 is 0.919 bits per heavy atom. The number of hydrogen-bond donors (Lipinski definition) is 2. The fourth-order valence-corrected chi connectivity index (χ4v) is 5.74. The van der Waals surface area contributed by atoms with Gasteiger partial charge in [0.05, 0.1) is 30.2 Å². The largest absolute Gasteiger partial charge is 0.465 e. The zero-order valence-electron chi connectivity index (χ0n) is 20.9. The molecular formula is C29H34N4O4. The maximum Gasteiger partial charge on any atom is 0.407 e. The number of carboxylic acid groups (broad SMARTS) is 1. The summed E-state index contributed by atoms with van der Waals surface area (Å²) in [6, 6.07) is 19.1. The number of piperazine rings is 1. The number of nitrogens with zero attached hydrogens (tertiary/aromatic N) is 4. The van der Waals surface area contributed by atoms with Gasteiger partial charge in [0.15, 0.2) is 5.69 Å². The van der Waals surface area contributed by atoms with Crippen molar-refractivity contribution in [1.29, 1.82) is 0 Å². The summed E-state index contributed by atoms with van der Waals surface area (Å²) in [4.78, 5) is 33.7. The normalized spacial score (nSPS) is 22.5. The van der Waals surface area contributed by atoms with Gasteiger partial charge < -0.3 is 24.6 Å². The molecule has 0 radical (unpaired) electrons. The number of carbonyl (C=O) groups is 2. The molecule has 2 fully saturated rings. The van der Waals surface area contributed by atoms with Crippen LogP contribution in [0.1, 0.15) is 54.2 Å². The number of amides is 2. The van der Waals surface area contributed by atoms with Crippen LogP contribution in [-0.4, -0.2) is 73.3 Å². The second-order valence-electron chi connectivity index (χ2n) is 10.1. The van der Waals surface area contributed by atoms with Crippen molar-refractivity contribution >= 4 is 12.0 Å². The summed E-state index contributed by atoms with van der Waals surface area (Å²) >= 11 is 0. The van der Waals surface area contributed by atoms with Crippen LogP contribution in [0.5, 0.6) is 0 Å². The Morgan fingerprint density at radius 3 is 2.35 bits per heavy atom. The van der Waals surface area contributed by atoms with E-state index < -0.39 is 12.2 Å². The lowest BCUT2D eigenvalue weighted by atomic mass is 10.0. The Morgan fingerprint density at radius 2 is 1.62 bits per heavy atom. The molecule has 1 saturated carbocycles. The van der Waals surface area contributed by atoms with E-state index >= 15 is 0 Å². The molecule has 1 aliphatic carbocycles. The highest BCUT2D eigenvalue weighted by atomic mass is 16.4. The molecule has 2 aromatic carbocycles. The molecule has 8 nitrogen and oxygen atoms in total. The zero-order chi connectivity index (χ0) is 25.8. The van der Waals surface area contributed by atoms with E-state index in [0.717, 1.165) is 48.9 Å². The predicted octanol–water partition coefficient (Wildman–Crippen LogP) is 4.46. The highest BCUT2D eigenvalue weighted by Gasteiger charge is 2.36. The number of aliphatic hydroxyl groups is 1. The summed E-state index contributed by atoms with van der Waals surface area (Å²) in [6.45, 7) is 0.809. The first kappa shape index (κ1) is 25.0. The first-order valence-electron chi connectivity index (χ1n) is 13.2. The van der Waals surface area contributed by atoms with E-state index in [1.165, 1.54) is 4.90 Å². The molecule has 3 atom stereocenters. The predicted molar refractivity (Wildman–Crippen MR) is 140 cm³/mol. The molecule has 37 heavy (non-hydrogen) atoms. The highest BCUT2D eigenvalue weighted by molar-refractivity contribution is 5.98. The zero-order valence-corrected chi connectivity index (χ0v) is 20.9. The number of hydrogen-bond acceptors (Lipinski definition) is 4. The van der Waals surface area contributed by atoms with Gasteiger partial charge in [-0.1, -0.05) is 79.9 Å². The molecule has 0 spiro atoms. The number of aliphatic hydroxyl groups excluding tert-OH is 1. The molecule has 2 heterocycles. The van der Waals surface area contributed by atoms with Crippen molar-refractivity contribution in [3.63, 3.8) is 0 Å². The van der Waals surface area contributed by atoms with Crippen LogP contribution in [0.25, 0.3) is 11.3 Å². The molecular weight excluding hydrogens is 468 g/mol. The molecule has 0 unspecified atom stereocenters. The van der Waals surface area contributed by atoms with E-state index in [1.807, 2.05) is 65.2 Å². The molecule has 8 heteroatoms. The van der Waals surface area contributed by atoms with E-state index in [1.54, 1.807) is 11.2 Å². The van der Waals surface area contributed by atoms with Crippen molar-refractivity contribution in [2.45, 2.75) is 56.7 Å². The van der Waals surface area contributed by atoms with Crippen LogP contribution >= 0.6 is 0 Å². The van der Waals surface area contributed by atoms with Crippen molar-refractivity contribution in [3.8, 4) is 11.3 Å². The summed E-state index contributed by atoms with van der Waals surface area (Å²) in [6.07, 6.45) is 5.46. The highest BCUT2D eigenvalue weighted by Crippen LogP contribution is 2.34. The van der Waals surface area contributed by atoms with Gasteiger partial charge in [-0.15, -0.1) is 0 Å². The van der Waals surface area contributed by atoms with Gasteiger partial charge in [-0.25, -0.2) is 9.78 Å². The van der Waals surface area contributed by atoms with Crippen molar-refractivity contribution in [2.75, 3.05) is 19.6 Å². The summed E-state index contributed by atoms with van der Waals surface area (Å²) < 4.78 is 2.00. The minimum absolute atomic E-state index is 0.143. The maximum atomic E-state index is 14.1. The number of rotatable bonds is 5. The van der Waals surface area contributed by atoms with Gasteiger partial charge in [0.1, 0.15) is 0 Å². The Bertz CT molecular complexity index is 1210. The van der Waals surface area contributed by atoms with Gasteiger partial charge in [-0.2, -0.15) is 0 Å². The molecule has 3 aromatic rings. The number of imidazole rings is 1. The van der Waals surface area contributed by atoms with E-state index in [0.29, 0.717) is 18.7 Å². The minimum atomic E-state index is -0.971. The topological polar surface area (TPSA) is 98.9 Å². The Kier molecular flexibility index (Phi) is 7.55. The fraction of sp³-hybridized carbons (Fsp3) is 0.414. The van der Waals surface area contributed by atoms with E-state index in [9.17, 15) is 19.8 Å². The van der Waals surface area contributed by atoms with Gasteiger partial charge in [-0.05, 0) is 24.8 Å². The van der Waals surface area contributed by atoms with Crippen molar-refractivity contribution in [2.24, 2.45) is 0 Å². The van der Waals surface area contributed by atoms with Gasteiger partial charge in [0, 0.05) is 25.2 Å². The monoisotopic (exact) mass is 502 g/mol. The minimum Gasteiger partial charge on any atom is -0.465 e. The van der Waals surface area contributed by atoms with Gasteiger partial charge >= 0.3 is 6.09 Å².